The van der Waals surface area contributed by atoms with Crippen molar-refractivity contribution in [3.05, 3.63) is 59.7 Å². The molecule has 0 radical (unpaired) electrons. The van der Waals surface area contributed by atoms with E-state index in [1.54, 1.807) is 0 Å². The molecule has 2 aromatic carbocycles. The first-order chi connectivity index (χ1) is 9.38. The summed E-state index contributed by atoms with van der Waals surface area (Å²) >= 11 is 0. The van der Waals surface area contributed by atoms with Crippen LogP contribution in [0.15, 0.2) is 48.5 Å². The van der Waals surface area contributed by atoms with Gasteiger partial charge in [0.1, 0.15) is 0 Å². The Morgan fingerprint density at radius 1 is 0.684 bits per heavy atom. The Morgan fingerprint density at radius 2 is 1.11 bits per heavy atom. The standard InChI is InChI=1S/C13H8O.C4H8O/c14-13-11-7-3-1-5-9(11)10-6-2-4-8-12(10)13;1-2-4-5-3-1/h1-8H;1-4H2. The van der Waals surface area contributed by atoms with Crippen molar-refractivity contribution in [2.75, 3.05) is 13.2 Å². The van der Waals surface area contributed by atoms with Gasteiger partial charge in [-0.15, -0.1) is 0 Å². The molecule has 0 atom stereocenters. The lowest BCUT2D eigenvalue weighted by atomic mass is 10.1. The fourth-order valence-electron chi connectivity index (χ4n) is 2.49. The van der Waals surface area contributed by atoms with Crippen LogP contribution in [-0.2, 0) is 4.74 Å². The van der Waals surface area contributed by atoms with Crippen LogP contribution >= 0.6 is 0 Å². The van der Waals surface area contributed by atoms with Crippen LogP contribution in [0.5, 0.6) is 0 Å². The first-order valence-electron chi connectivity index (χ1n) is 6.69. The second-order valence-corrected chi connectivity index (χ2v) is 4.74. The Morgan fingerprint density at radius 3 is 1.47 bits per heavy atom. The summed E-state index contributed by atoms with van der Waals surface area (Å²) in [6.45, 7) is 2.00. The number of carbonyl (C=O) groups is 1. The quantitative estimate of drug-likeness (QED) is 0.610. The molecule has 0 unspecified atom stereocenters. The maximum Gasteiger partial charge on any atom is 0.194 e. The van der Waals surface area contributed by atoms with E-state index >= 15 is 0 Å². The van der Waals surface area contributed by atoms with E-state index in [2.05, 4.69) is 0 Å². The summed E-state index contributed by atoms with van der Waals surface area (Å²) in [4.78, 5) is 11.9. The van der Waals surface area contributed by atoms with E-state index in [4.69, 9.17) is 4.74 Å². The second kappa shape index (κ2) is 5.37. The molecule has 2 aromatic rings. The monoisotopic (exact) mass is 252 g/mol. The first-order valence-corrected chi connectivity index (χ1v) is 6.69. The van der Waals surface area contributed by atoms with Gasteiger partial charge < -0.3 is 4.74 Å². The summed E-state index contributed by atoms with van der Waals surface area (Å²) in [5.41, 5.74) is 3.78. The zero-order valence-electron chi connectivity index (χ0n) is 10.8. The van der Waals surface area contributed by atoms with Gasteiger partial charge in [0, 0.05) is 24.3 Å². The summed E-state index contributed by atoms with van der Waals surface area (Å²) in [5, 5.41) is 0. The maximum atomic E-state index is 11.9. The smallest absolute Gasteiger partial charge is 0.194 e. The van der Waals surface area contributed by atoms with Gasteiger partial charge in [0.15, 0.2) is 5.78 Å². The van der Waals surface area contributed by atoms with Gasteiger partial charge in [-0.3, -0.25) is 4.79 Å². The topological polar surface area (TPSA) is 26.3 Å². The van der Waals surface area contributed by atoms with Gasteiger partial charge in [-0.05, 0) is 24.0 Å². The molecule has 0 aromatic heterocycles. The largest absolute Gasteiger partial charge is 0.381 e. The Hall–Kier alpha value is -1.93. The molecule has 0 amide bonds. The fraction of sp³-hybridized carbons (Fsp3) is 0.235. The zero-order chi connectivity index (χ0) is 13.1. The number of hydrogen-bond donors (Lipinski definition) is 0. The zero-order valence-corrected chi connectivity index (χ0v) is 10.8. The van der Waals surface area contributed by atoms with E-state index in [1.165, 1.54) is 12.8 Å². The first kappa shape index (κ1) is 12.1. The minimum Gasteiger partial charge on any atom is -0.381 e. The fourth-order valence-corrected chi connectivity index (χ4v) is 2.49. The molecule has 1 fully saturated rings. The van der Waals surface area contributed by atoms with Crippen LogP contribution in [0.2, 0.25) is 0 Å². The highest BCUT2D eigenvalue weighted by molar-refractivity contribution is 6.21. The normalized spacial score (nSPS) is 15.5. The van der Waals surface area contributed by atoms with Crippen LogP contribution in [0.4, 0.5) is 0 Å². The maximum absolute atomic E-state index is 11.9. The van der Waals surface area contributed by atoms with Crippen molar-refractivity contribution in [3.63, 3.8) is 0 Å². The predicted molar refractivity (Wildman–Crippen MR) is 75.4 cm³/mol. The van der Waals surface area contributed by atoms with Crippen LogP contribution in [0.25, 0.3) is 11.1 Å². The second-order valence-electron chi connectivity index (χ2n) is 4.74. The summed E-state index contributed by atoms with van der Waals surface area (Å²) in [5.74, 6) is 0.149. The number of carbonyl (C=O) groups excluding carboxylic acids is 1. The van der Waals surface area contributed by atoms with E-state index in [-0.39, 0.29) is 5.78 Å². The van der Waals surface area contributed by atoms with E-state index in [1.807, 2.05) is 48.5 Å². The molecular weight excluding hydrogens is 236 g/mol. The molecule has 96 valence electrons. The Kier molecular flexibility index (Phi) is 3.43. The third-order valence-electron chi connectivity index (χ3n) is 3.46. The van der Waals surface area contributed by atoms with Crippen molar-refractivity contribution in [3.8, 4) is 11.1 Å². The number of fused-ring (bicyclic) bond motifs is 3. The number of ether oxygens (including phenoxy) is 1. The molecule has 0 saturated carbocycles. The molecule has 1 heterocycles. The van der Waals surface area contributed by atoms with Gasteiger partial charge in [0.2, 0.25) is 0 Å². The van der Waals surface area contributed by atoms with Crippen molar-refractivity contribution < 1.29 is 9.53 Å². The van der Waals surface area contributed by atoms with Crippen molar-refractivity contribution in [1.82, 2.24) is 0 Å². The Balaban J connectivity index is 0.000000187. The lowest BCUT2D eigenvalue weighted by Gasteiger charge is -1.96. The van der Waals surface area contributed by atoms with Crippen LogP contribution in [0.1, 0.15) is 28.8 Å². The van der Waals surface area contributed by atoms with Gasteiger partial charge in [-0.25, -0.2) is 0 Å². The summed E-state index contributed by atoms with van der Waals surface area (Å²) in [7, 11) is 0. The molecule has 2 nitrogen and oxygen atoms in total. The van der Waals surface area contributed by atoms with Crippen LogP contribution < -0.4 is 0 Å². The molecule has 4 rings (SSSR count). The minimum absolute atomic E-state index is 0.149. The molecular formula is C17H16O2. The van der Waals surface area contributed by atoms with Gasteiger partial charge in [-0.2, -0.15) is 0 Å². The number of ketones is 1. The highest BCUT2D eigenvalue weighted by Crippen LogP contribution is 2.35. The molecule has 1 saturated heterocycles. The van der Waals surface area contributed by atoms with Crippen LogP contribution in [0, 0.1) is 0 Å². The number of benzene rings is 2. The summed E-state index contributed by atoms with van der Waals surface area (Å²) < 4.78 is 4.94. The summed E-state index contributed by atoms with van der Waals surface area (Å²) in [6, 6.07) is 15.5. The molecule has 0 N–H and O–H groups in total. The summed E-state index contributed by atoms with van der Waals surface area (Å²) in [6.07, 6.45) is 2.56. The molecule has 2 heteroatoms. The lowest BCUT2D eigenvalue weighted by molar-refractivity contribution is 0.104. The van der Waals surface area contributed by atoms with Crippen LogP contribution in [-0.4, -0.2) is 19.0 Å². The van der Waals surface area contributed by atoms with E-state index in [0.29, 0.717) is 0 Å². The van der Waals surface area contributed by atoms with E-state index < -0.39 is 0 Å². The molecule has 0 spiro atoms. The molecule has 1 aliphatic carbocycles. The third kappa shape index (κ3) is 2.32. The van der Waals surface area contributed by atoms with Crippen molar-refractivity contribution in [2.24, 2.45) is 0 Å². The molecule has 2 aliphatic rings. The molecule has 19 heavy (non-hydrogen) atoms. The molecule has 0 bridgehead atoms. The van der Waals surface area contributed by atoms with Gasteiger partial charge >= 0.3 is 0 Å². The molecule has 1 aliphatic heterocycles. The minimum atomic E-state index is 0.149. The number of hydrogen-bond acceptors (Lipinski definition) is 2. The van der Waals surface area contributed by atoms with Crippen molar-refractivity contribution >= 4 is 5.78 Å². The van der Waals surface area contributed by atoms with E-state index in [0.717, 1.165) is 35.5 Å². The average molecular weight is 252 g/mol. The third-order valence-corrected chi connectivity index (χ3v) is 3.46. The average Bonchev–Trinajstić information content (AvgIpc) is 3.12. The van der Waals surface area contributed by atoms with Gasteiger partial charge in [0.05, 0.1) is 0 Å². The van der Waals surface area contributed by atoms with Crippen molar-refractivity contribution in [2.45, 2.75) is 12.8 Å². The predicted octanol–water partition coefficient (Wildman–Crippen LogP) is 3.69. The van der Waals surface area contributed by atoms with Gasteiger partial charge in [-0.1, -0.05) is 48.5 Å². The van der Waals surface area contributed by atoms with Crippen LogP contribution in [0.3, 0.4) is 0 Å². The lowest BCUT2D eigenvalue weighted by Crippen LogP contribution is -1.93. The highest BCUT2D eigenvalue weighted by atomic mass is 16.5. The Labute approximate surface area is 113 Å². The Bertz CT molecular complexity index is 543. The van der Waals surface area contributed by atoms with Gasteiger partial charge in [0.25, 0.3) is 0 Å². The SMILES string of the molecule is C1CCOC1.O=C1c2ccccc2-c2ccccc21. The highest BCUT2D eigenvalue weighted by Gasteiger charge is 2.24. The van der Waals surface area contributed by atoms with Crippen molar-refractivity contribution in [1.29, 1.82) is 0 Å². The van der Waals surface area contributed by atoms with E-state index in [9.17, 15) is 4.79 Å². The number of rotatable bonds is 0.